The molecule has 1 amide bonds. The van der Waals surface area contributed by atoms with Crippen molar-refractivity contribution in [3.8, 4) is 11.5 Å². The number of aliphatic carboxylic acids is 1. The van der Waals surface area contributed by atoms with Crippen LogP contribution in [-0.2, 0) is 16.2 Å². The van der Waals surface area contributed by atoms with Crippen molar-refractivity contribution in [1.82, 2.24) is 5.32 Å². The minimum Gasteiger partial charge on any atom is -0.493 e. The number of rotatable bonds is 8. The van der Waals surface area contributed by atoms with Gasteiger partial charge in [-0.2, -0.15) is 5.10 Å². The molecule has 0 radical (unpaired) electrons. The summed E-state index contributed by atoms with van der Waals surface area (Å²) >= 11 is 1.05. The van der Waals surface area contributed by atoms with Gasteiger partial charge in [-0.05, 0) is 40.1 Å². The third-order valence-electron chi connectivity index (χ3n) is 4.94. The third-order valence-corrected chi connectivity index (χ3v) is 6.01. The molecule has 1 aliphatic heterocycles. The predicted molar refractivity (Wildman–Crippen MR) is 128 cm³/mol. The molecule has 3 aromatic carbocycles. The molecule has 0 spiro atoms. The first-order valence-electron chi connectivity index (χ1n) is 10.1. The number of methoxy groups -OCH3 is 1. The van der Waals surface area contributed by atoms with Crippen molar-refractivity contribution in [1.29, 1.82) is 0 Å². The molecule has 0 aliphatic carbocycles. The number of benzene rings is 3. The largest absolute Gasteiger partial charge is 0.493 e. The zero-order valence-corrected chi connectivity index (χ0v) is 18.5. The van der Waals surface area contributed by atoms with Crippen molar-refractivity contribution in [3.63, 3.8) is 0 Å². The number of carbonyl (C=O) groups excluding carboxylic acids is 1. The van der Waals surface area contributed by atoms with Gasteiger partial charge in [0.15, 0.2) is 16.7 Å². The van der Waals surface area contributed by atoms with Gasteiger partial charge in [0.1, 0.15) is 11.9 Å². The lowest BCUT2D eigenvalue weighted by Crippen LogP contribution is -2.26. The highest BCUT2D eigenvalue weighted by Crippen LogP contribution is 2.29. The van der Waals surface area contributed by atoms with E-state index in [1.807, 2.05) is 30.3 Å². The Balaban J connectivity index is 1.42. The second-order valence-corrected chi connectivity index (χ2v) is 8.37. The molecule has 1 atom stereocenters. The number of carbonyl (C=O) groups is 2. The Hall–Kier alpha value is -3.85. The average Bonchev–Trinajstić information content (AvgIpc) is 3.16. The van der Waals surface area contributed by atoms with E-state index in [-0.39, 0.29) is 17.5 Å². The number of carboxylic acid groups (broad SMARTS) is 1. The quantitative estimate of drug-likeness (QED) is 0.388. The summed E-state index contributed by atoms with van der Waals surface area (Å²) in [4.78, 5) is 22.5. The van der Waals surface area contributed by atoms with E-state index in [4.69, 9.17) is 14.6 Å². The standard InChI is InChI=1S/C24H21N3O5S/c1-31-20-11-15(13-25-27-24-26-23(30)21(33-24)12-22(28)29)9-10-19(20)32-14-17-7-4-6-16-5-2-3-8-18(16)17/h2-11,13,21H,12,14H2,1H3,(H,28,29)(H,26,27,30)/b25-13-/t21-/m0/s1. The Labute approximate surface area is 194 Å². The molecule has 0 aromatic heterocycles. The number of carboxylic acids is 1. The maximum absolute atomic E-state index is 11.8. The average molecular weight is 464 g/mol. The molecule has 33 heavy (non-hydrogen) atoms. The Morgan fingerprint density at radius 1 is 1.15 bits per heavy atom. The van der Waals surface area contributed by atoms with Gasteiger partial charge < -0.3 is 19.9 Å². The van der Waals surface area contributed by atoms with Crippen molar-refractivity contribution < 1.29 is 24.2 Å². The smallest absolute Gasteiger partial charge is 0.305 e. The molecule has 0 saturated carbocycles. The molecule has 1 fully saturated rings. The number of nitrogens with zero attached hydrogens (tertiary/aromatic N) is 2. The fourth-order valence-corrected chi connectivity index (χ4v) is 4.27. The number of nitrogens with one attached hydrogen (secondary N) is 1. The summed E-state index contributed by atoms with van der Waals surface area (Å²) in [6, 6.07) is 19.7. The lowest BCUT2D eigenvalue weighted by atomic mass is 10.1. The van der Waals surface area contributed by atoms with Crippen molar-refractivity contribution in [3.05, 3.63) is 71.8 Å². The number of thioether (sulfide) groups is 1. The minimum atomic E-state index is -1.04. The van der Waals surface area contributed by atoms with Crippen molar-refractivity contribution >= 4 is 45.8 Å². The van der Waals surface area contributed by atoms with Gasteiger partial charge in [0.05, 0.1) is 19.7 Å². The molecule has 0 bridgehead atoms. The summed E-state index contributed by atoms with van der Waals surface area (Å²) in [7, 11) is 1.56. The van der Waals surface area contributed by atoms with Gasteiger partial charge in [0.25, 0.3) is 0 Å². The van der Waals surface area contributed by atoms with Crippen LogP contribution in [0.4, 0.5) is 0 Å². The highest BCUT2D eigenvalue weighted by atomic mass is 32.2. The van der Waals surface area contributed by atoms with E-state index in [0.29, 0.717) is 18.1 Å². The number of fused-ring (bicyclic) bond motifs is 1. The molecule has 1 saturated heterocycles. The van der Waals surface area contributed by atoms with Gasteiger partial charge in [0.2, 0.25) is 5.91 Å². The fraction of sp³-hybridized carbons (Fsp3) is 0.167. The molecule has 1 aliphatic rings. The van der Waals surface area contributed by atoms with Gasteiger partial charge >= 0.3 is 5.97 Å². The lowest BCUT2D eigenvalue weighted by Gasteiger charge is -2.12. The normalized spacial score (nSPS) is 16.9. The number of hydrogen-bond donors (Lipinski definition) is 2. The van der Waals surface area contributed by atoms with E-state index in [1.54, 1.807) is 19.2 Å². The Morgan fingerprint density at radius 3 is 2.79 bits per heavy atom. The summed E-state index contributed by atoms with van der Waals surface area (Å²) in [6.45, 7) is 0.396. The fourth-order valence-electron chi connectivity index (χ4n) is 3.35. The molecule has 168 valence electrons. The number of hydrogen-bond acceptors (Lipinski definition) is 7. The van der Waals surface area contributed by atoms with E-state index in [2.05, 4.69) is 33.7 Å². The molecule has 2 N–H and O–H groups in total. The van der Waals surface area contributed by atoms with Gasteiger partial charge in [-0.25, -0.2) is 0 Å². The molecule has 3 aromatic rings. The predicted octanol–water partition coefficient (Wildman–Crippen LogP) is 3.82. The molecule has 1 heterocycles. The molecule has 0 unspecified atom stereocenters. The molecule has 8 nitrogen and oxygen atoms in total. The first-order valence-corrected chi connectivity index (χ1v) is 11.0. The first kappa shape index (κ1) is 22.3. The summed E-state index contributed by atoms with van der Waals surface area (Å²) in [6.07, 6.45) is 1.25. The monoisotopic (exact) mass is 463 g/mol. The van der Waals surface area contributed by atoms with Crippen LogP contribution >= 0.6 is 11.8 Å². The molecular weight excluding hydrogens is 442 g/mol. The van der Waals surface area contributed by atoms with Crippen molar-refractivity contribution in [2.75, 3.05) is 7.11 Å². The maximum Gasteiger partial charge on any atom is 0.305 e. The number of amidine groups is 1. The van der Waals surface area contributed by atoms with Crippen LogP contribution in [-0.4, -0.2) is 40.7 Å². The van der Waals surface area contributed by atoms with Crippen molar-refractivity contribution in [2.24, 2.45) is 10.2 Å². The Morgan fingerprint density at radius 2 is 1.97 bits per heavy atom. The summed E-state index contributed by atoms with van der Waals surface area (Å²) in [5.41, 5.74) is 1.80. The van der Waals surface area contributed by atoms with E-state index < -0.39 is 11.2 Å². The SMILES string of the molecule is COc1cc(/C=N\N=C2/NC(=O)[C@H](CC(=O)O)S2)ccc1OCc1cccc2ccccc12. The topological polar surface area (TPSA) is 110 Å². The second kappa shape index (κ2) is 10.2. The zero-order chi connectivity index (χ0) is 23.2. The summed E-state index contributed by atoms with van der Waals surface area (Å²) in [5, 5.41) is 21.2. The van der Waals surface area contributed by atoms with Crippen molar-refractivity contribution in [2.45, 2.75) is 18.3 Å². The first-order chi connectivity index (χ1) is 16.0. The maximum atomic E-state index is 11.8. The van der Waals surface area contributed by atoms with Gasteiger partial charge in [-0.15, -0.1) is 5.10 Å². The van der Waals surface area contributed by atoms with Gasteiger partial charge in [0, 0.05) is 0 Å². The van der Waals surface area contributed by atoms with Crippen LogP contribution < -0.4 is 14.8 Å². The van der Waals surface area contributed by atoms with Gasteiger partial charge in [-0.1, -0.05) is 54.2 Å². The van der Waals surface area contributed by atoms with Crippen LogP contribution in [0.25, 0.3) is 10.8 Å². The van der Waals surface area contributed by atoms with Crippen LogP contribution in [0.3, 0.4) is 0 Å². The highest BCUT2D eigenvalue weighted by Gasteiger charge is 2.32. The summed E-state index contributed by atoms with van der Waals surface area (Å²) < 4.78 is 11.5. The third kappa shape index (κ3) is 5.50. The van der Waals surface area contributed by atoms with Crippen LogP contribution in [0.5, 0.6) is 11.5 Å². The molecule has 9 heteroatoms. The van der Waals surface area contributed by atoms with Crippen LogP contribution in [0.1, 0.15) is 17.5 Å². The number of amides is 1. The van der Waals surface area contributed by atoms with E-state index in [1.165, 1.54) is 6.21 Å². The van der Waals surface area contributed by atoms with E-state index in [9.17, 15) is 9.59 Å². The van der Waals surface area contributed by atoms with Gasteiger partial charge in [-0.3, -0.25) is 9.59 Å². The number of ether oxygens (including phenoxy) is 2. The highest BCUT2D eigenvalue weighted by molar-refractivity contribution is 8.15. The second-order valence-electron chi connectivity index (χ2n) is 7.18. The van der Waals surface area contributed by atoms with E-state index >= 15 is 0 Å². The molecule has 4 rings (SSSR count). The summed E-state index contributed by atoms with van der Waals surface area (Å²) in [5.74, 6) is -0.270. The molecular formula is C24H21N3O5S. The van der Waals surface area contributed by atoms with Crippen LogP contribution in [0.15, 0.2) is 70.9 Å². The van der Waals surface area contributed by atoms with Crippen LogP contribution in [0, 0.1) is 0 Å². The Kier molecular flexibility index (Phi) is 6.89. The Bertz CT molecular complexity index is 1250. The minimum absolute atomic E-state index is 0.267. The van der Waals surface area contributed by atoms with E-state index in [0.717, 1.165) is 33.7 Å². The lowest BCUT2D eigenvalue weighted by molar-refractivity contribution is -0.138. The van der Waals surface area contributed by atoms with Crippen LogP contribution in [0.2, 0.25) is 0 Å². The zero-order valence-electron chi connectivity index (χ0n) is 17.7.